The lowest BCUT2D eigenvalue weighted by atomic mass is 9.87. The van der Waals surface area contributed by atoms with Crippen molar-refractivity contribution in [3.8, 4) is 11.5 Å². The molecule has 1 saturated heterocycles. The normalized spacial score (nSPS) is 16.1. The number of rotatable bonds is 5. The highest BCUT2D eigenvalue weighted by atomic mass is 35.5. The van der Waals surface area contributed by atoms with E-state index >= 15 is 0 Å². The number of hydrogen-bond donors (Lipinski definition) is 1. The molecule has 0 aliphatic carbocycles. The SMILES string of the molecule is CC(C)(C)c1ccc(Oc2ccc(NC(=O)[C@@H]3CC(=O)N(c4cccc(Cl)c4)C3)cc2)cc1. The quantitative estimate of drug-likeness (QED) is 0.475. The van der Waals surface area contributed by atoms with Crippen LogP contribution in [0.25, 0.3) is 0 Å². The summed E-state index contributed by atoms with van der Waals surface area (Å²) in [6.45, 7) is 6.85. The number of carbonyl (C=O) groups excluding carboxylic acids is 2. The van der Waals surface area contributed by atoms with Gasteiger partial charge in [0.25, 0.3) is 0 Å². The molecule has 1 fully saturated rings. The van der Waals surface area contributed by atoms with Gasteiger partial charge in [-0.15, -0.1) is 0 Å². The number of amides is 2. The second-order valence-electron chi connectivity index (χ2n) is 9.28. The number of benzene rings is 3. The second kappa shape index (κ2) is 9.28. The van der Waals surface area contributed by atoms with Crippen molar-refractivity contribution < 1.29 is 14.3 Å². The summed E-state index contributed by atoms with van der Waals surface area (Å²) in [5, 5.41) is 3.46. The molecule has 4 rings (SSSR count). The van der Waals surface area contributed by atoms with Gasteiger partial charge in [0.2, 0.25) is 11.8 Å². The maximum absolute atomic E-state index is 12.7. The summed E-state index contributed by atoms with van der Waals surface area (Å²) >= 11 is 6.04. The maximum atomic E-state index is 12.7. The van der Waals surface area contributed by atoms with Crippen LogP contribution in [0.2, 0.25) is 5.02 Å². The summed E-state index contributed by atoms with van der Waals surface area (Å²) in [6.07, 6.45) is 0.171. The first kappa shape index (κ1) is 22.9. The first-order valence-corrected chi connectivity index (χ1v) is 11.3. The highest BCUT2D eigenvalue weighted by Crippen LogP contribution is 2.29. The lowest BCUT2D eigenvalue weighted by molar-refractivity contribution is -0.122. The smallest absolute Gasteiger partial charge is 0.229 e. The summed E-state index contributed by atoms with van der Waals surface area (Å²) in [4.78, 5) is 26.8. The van der Waals surface area contributed by atoms with Gasteiger partial charge in [-0.2, -0.15) is 0 Å². The molecule has 3 aromatic carbocycles. The van der Waals surface area contributed by atoms with Crippen LogP contribution < -0.4 is 15.0 Å². The summed E-state index contributed by atoms with van der Waals surface area (Å²) in [7, 11) is 0. The van der Waals surface area contributed by atoms with Gasteiger partial charge >= 0.3 is 0 Å². The van der Waals surface area contributed by atoms with E-state index in [9.17, 15) is 9.59 Å². The van der Waals surface area contributed by atoms with Crippen LogP contribution in [0.5, 0.6) is 11.5 Å². The Morgan fingerprint density at radius 1 is 1.00 bits per heavy atom. The molecule has 2 amide bonds. The fraction of sp³-hybridized carbons (Fsp3) is 0.259. The van der Waals surface area contributed by atoms with E-state index in [1.807, 2.05) is 30.3 Å². The van der Waals surface area contributed by atoms with Crippen molar-refractivity contribution in [1.29, 1.82) is 0 Å². The number of anilines is 2. The zero-order valence-electron chi connectivity index (χ0n) is 19.0. The van der Waals surface area contributed by atoms with Gasteiger partial charge in [-0.05, 0) is 65.6 Å². The molecule has 1 heterocycles. The summed E-state index contributed by atoms with van der Waals surface area (Å²) in [5.74, 6) is 0.747. The minimum Gasteiger partial charge on any atom is -0.457 e. The average molecular weight is 463 g/mol. The third-order valence-corrected chi connectivity index (χ3v) is 5.93. The monoisotopic (exact) mass is 462 g/mol. The Balaban J connectivity index is 1.35. The summed E-state index contributed by atoms with van der Waals surface area (Å²) < 4.78 is 5.92. The Morgan fingerprint density at radius 3 is 2.24 bits per heavy atom. The van der Waals surface area contributed by atoms with Crippen LogP contribution in [0.1, 0.15) is 32.8 Å². The molecule has 5 nitrogen and oxygen atoms in total. The molecule has 0 radical (unpaired) electrons. The number of halogens is 1. The van der Waals surface area contributed by atoms with E-state index in [2.05, 4.69) is 38.2 Å². The second-order valence-corrected chi connectivity index (χ2v) is 9.71. The highest BCUT2D eigenvalue weighted by Gasteiger charge is 2.35. The van der Waals surface area contributed by atoms with Gasteiger partial charge in [0.1, 0.15) is 11.5 Å². The number of ether oxygens (including phenoxy) is 1. The first-order chi connectivity index (χ1) is 15.7. The fourth-order valence-electron chi connectivity index (χ4n) is 3.79. The molecule has 0 spiro atoms. The van der Waals surface area contributed by atoms with E-state index in [0.717, 1.165) is 5.75 Å². The van der Waals surface area contributed by atoms with Gasteiger partial charge in [-0.1, -0.05) is 50.6 Å². The molecule has 3 aromatic rings. The Kier molecular flexibility index (Phi) is 6.43. The van der Waals surface area contributed by atoms with Gasteiger partial charge in [0, 0.05) is 29.4 Å². The molecular weight excluding hydrogens is 436 g/mol. The predicted octanol–water partition coefficient (Wildman–Crippen LogP) is 6.42. The molecule has 1 N–H and O–H groups in total. The number of hydrogen-bond acceptors (Lipinski definition) is 3. The average Bonchev–Trinajstić information content (AvgIpc) is 3.17. The van der Waals surface area contributed by atoms with Crippen LogP contribution in [-0.4, -0.2) is 18.4 Å². The van der Waals surface area contributed by atoms with Crippen molar-refractivity contribution in [3.63, 3.8) is 0 Å². The molecule has 0 bridgehead atoms. The van der Waals surface area contributed by atoms with E-state index in [1.54, 1.807) is 35.2 Å². The van der Waals surface area contributed by atoms with Crippen molar-refractivity contribution in [2.75, 3.05) is 16.8 Å². The fourth-order valence-corrected chi connectivity index (χ4v) is 3.97. The molecule has 1 aliphatic heterocycles. The molecule has 1 atom stereocenters. The van der Waals surface area contributed by atoms with E-state index in [4.69, 9.17) is 16.3 Å². The molecule has 1 aliphatic rings. The standard InChI is InChI=1S/C27H27ClN2O3/c1-27(2,3)19-7-11-23(12-8-19)33-24-13-9-21(10-14-24)29-26(32)18-15-25(31)30(17-18)22-6-4-5-20(28)16-22/h4-14,16,18H,15,17H2,1-3H3,(H,29,32)/t18-/m1/s1. The topological polar surface area (TPSA) is 58.6 Å². The number of nitrogens with zero attached hydrogens (tertiary/aromatic N) is 1. The Bertz CT molecular complexity index is 1150. The van der Waals surface area contributed by atoms with Crippen LogP contribution in [-0.2, 0) is 15.0 Å². The van der Waals surface area contributed by atoms with Crippen LogP contribution in [0, 0.1) is 5.92 Å². The minimum absolute atomic E-state index is 0.0846. The molecule has 0 unspecified atom stereocenters. The molecule has 0 aromatic heterocycles. The lowest BCUT2D eigenvalue weighted by Crippen LogP contribution is -2.28. The van der Waals surface area contributed by atoms with Crippen molar-refractivity contribution in [2.45, 2.75) is 32.6 Å². The van der Waals surface area contributed by atoms with Crippen LogP contribution in [0.15, 0.2) is 72.8 Å². The van der Waals surface area contributed by atoms with Gasteiger partial charge in [-0.3, -0.25) is 9.59 Å². The summed E-state index contributed by atoms with van der Waals surface area (Å²) in [6, 6.07) is 22.4. The Morgan fingerprint density at radius 2 is 1.64 bits per heavy atom. The van der Waals surface area contributed by atoms with Crippen LogP contribution >= 0.6 is 11.6 Å². The number of carbonyl (C=O) groups is 2. The van der Waals surface area contributed by atoms with Crippen molar-refractivity contribution in [2.24, 2.45) is 5.92 Å². The molecule has 6 heteroatoms. The van der Waals surface area contributed by atoms with Crippen molar-refractivity contribution >= 4 is 34.8 Å². The summed E-state index contributed by atoms with van der Waals surface area (Å²) in [5.41, 5.74) is 2.70. The van der Waals surface area contributed by atoms with E-state index < -0.39 is 5.92 Å². The third kappa shape index (κ3) is 5.55. The third-order valence-electron chi connectivity index (χ3n) is 5.69. The maximum Gasteiger partial charge on any atom is 0.229 e. The van der Waals surface area contributed by atoms with Crippen LogP contribution in [0.4, 0.5) is 11.4 Å². The lowest BCUT2D eigenvalue weighted by Gasteiger charge is -2.19. The molecule has 170 valence electrons. The zero-order chi connectivity index (χ0) is 23.6. The first-order valence-electron chi connectivity index (χ1n) is 10.9. The predicted molar refractivity (Wildman–Crippen MR) is 132 cm³/mol. The molecule has 0 saturated carbocycles. The van der Waals surface area contributed by atoms with Gasteiger partial charge in [0.05, 0.1) is 5.92 Å². The van der Waals surface area contributed by atoms with E-state index in [0.29, 0.717) is 28.7 Å². The van der Waals surface area contributed by atoms with Crippen LogP contribution in [0.3, 0.4) is 0 Å². The largest absolute Gasteiger partial charge is 0.457 e. The van der Waals surface area contributed by atoms with Gasteiger partial charge in [0.15, 0.2) is 0 Å². The van der Waals surface area contributed by atoms with E-state index in [-0.39, 0.29) is 23.7 Å². The minimum atomic E-state index is -0.422. The molecule has 33 heavy (non-hydrogen) atoms. The highest BCUT2D eigenvalue weighted by molar-refractivity contribution is 6.31. The van der Waals surface area contributed by atoms with E-state index in [1.165, 1.54) is 5.56 Å². The Hall–Kier alpha value is -3.31. The van der Waals surface area contributed by atoms with Gasteiger partial charge < -0.3 is 15.0 Å². The zero-order valence-corrected chi connectivity index (χ0v) is 19.7. The van der Waals surface area contributed by atoms with Crippen molar-refractivity contribution in [1.82, 2.24) is 0 Å². The Labute approximate surface area is 199 Å². The molecular formula is C27H27ClN2O3. The van der Waals surface area contributed by atoms with Crippen molar-refractivity contribution in [3.05, 3.63) is 83.4 Å². The van der Waals surface area contributed by atoms with Gasteiger partial charge in [-0.25, -0.2) is 0 Å². The number of nitrogens with one attached hydrogen (secondary N) is 1.